The number of benzene rings is 2. The van der Waals surface area contributed by atoms with Gasteiger partial charge in [0.1, 0.15) is 11.8 Å². The number of amides is 3. The fourth-order valence-corrected chi connectivity index (χ4v) is 3.61. The van der Waals surface area contributed by atoms with Gasteiger partial charge in [-0.3, -0.25) is 24.6 Å². The van der Waals surface area contributed by atoms with Gasteiger partial charge in [-0.15, -0.1) is 0 Å². The van der Waals surface area contributed by atoms with Crippen LogP contribution in [0.25, 0.3) is 0 Å². The van der Waals surface area contributed by atoms with E-state index in [4.69, 9.17) is 17.8 Å². The molecule has 0 spiro atoms. The molecule has 2 N–H and O–H groups in total. The van der Waals surface area contributed by atoms with Gasteiger partial charge >= 0.3 is 0 Å². The van der Waals surface area contributed by atoms with Gasteiger partial charge in [0, 0.05) is 66.8 Å². The van der Waals surface area contributed by atoms with E-state index in [-0.39, 0.29) is 28.1 Å². The number of carbonyl (C=O) groups excluding carboxylic acids is 3. The average Bonchev–Trinajstić information content (AvgIpc) is 3.13. The maximum absolute atomic E-state index is 15.5. The number of rotatable bonds is 6. The molecule has 3 heterocycles. The van der Waals surface area contributed by atoms with Crippen molar-refractivity contribution in [1.82, 2.24) is 15.1 Å². The summed E-state index contributed by atoms with van der Waals surface area (Å²) in [5, 5.41) is 4.30. The molecule has 2 fully saturated rings. The van der Waals surface area contributed by atoms with Gasteiger partial charge in [0.05, 0.1) is 25.5 Å². The highest BCUT2D eigenvalue weighted by Crippen LogP contribution is 2.32. The van der Waals surface area contributed by atoms with Gasteiger partial charge in [-0.25, -0.2) is 4.39 Å². The minimum Gasteiger partial charge on any atom is -0.381 e. The Morgan fingerprint density at radius 2 is 2.06 bits per heavy atom. The molecule has 0 aliphatic carbocycles. The van der Waals surface area contributed by atoms with Gasteiger partial charge in [0.2, 0.25) is 11.8 Å². The van der Waals surface area contributed by atoms with Crippen molar-refractivity contribution in [2.75, 3.05) is 31.4 Å². The molecule has 0 saturated carbocycles. The van der Waals surface area contributed by atoms with Crippen LogP contribution in [-0.4, -0.2) is 59.7 Å². The standard InChI is InChI=1S/C25H27FN4O4/c26-20-12-16(14-29-8-10-34-11-9-29)4-5-17(20)13-27-21-3-1-2-18-19(21)15-30(25(18)33)22-6-7-23(31)28-24(22)32/h1-5,12,22,27H,6-11,13-15H2,(H,28,31,32)/i8D2,9D2,10D2,11D2,13D2,15D2,22D. The van der Waals surface area contributed by atoms with E-state index < -0.39 is 92.8 Å². The number of hydrogen-bond donors (Lipinski definition) is 2. The third kappa shape index (κ3) is 4.53. The molecule has 2 aromatic carbocycles. The largest absolute Gasteiger partial charge is 0.381 e. The van der Waals surface area contributed by atoms with Crippen molar-refractivity contribution in [3.63, 3.8) is 0 Å². The van der Waals surface area contributed by atoms with Crippen LogP contribution in [0.3, 0.4) is 0 Å². The first-order chi connectivity index (χ1) is 21.3. The Bertz CT molecular complexity index is 1670. The molecule has 8 nitrogen and oxygen atoms in total. The molecule has 3 aliphatic rings. The number of carbonyl (C=O) groups is 3. The molecule has 0 bridgehead atoms. The van der Waals surface area contributed by atoms with E-state index in [2.05, 4.69) is 10.1 Å². The number of anilines is 1. The summed E-state index contributed by atoms with van der Waals surface area (Å²) in [6.45, 7) is -19.7. The monoisotopic (exact) mass is 479 g/mol. The molecule has 1 atom stereocenters. The zero-order chi connectivity index (χ0) is 35.3. The van der Waals surface area contributed by atoms with E-state index in [1.807, 2.05) is 5.32 Å². The predicted octanol–water partition coefficient (Wildman–Crippen LogP) is 2.03. The lowest BCUT2D eigenvalue weighted by Crippen LogP contribution is -2.52. The van der Waals surface area contributed by atoms with Crippen LogP contribution in [0, 0.1) is 5.82 Å². The highest BCUT2D eigenvalue weighted by atomic mass is 19.1. The molecular weight excluding hydrogens is 439 g/mol. The second-order valence-electron chi connectivity index (χ2n) is 7.48. The molecule has 2 aromatic rings. The van der Waals surface area contributed by atoms with E-state index >= 15 is 4.39 Å². The van der Waals surface area contributed by atoms with E-state index in [9.17, 15) is 14.4 Å². The molecule has 3 aliphatic heterocycles. The van der Waals surface area contributed by atoms with Crippen molar-refractivity contribution in [2.24, 2.45) is 0 Å². The Balaban J connectivity index is 1.46. The van der Waals surface area contributed by atoms with E-state index in [0.717, 1.165) is 12.1 Å². The van der Waals surface area contributed by atoms with Crippen molar-refractivity contribution in [3.05, 3.63) is 64.5 Å². The van der Waals surface area contributed by atoms with Gasteiger partial charge in [0.25, 0.3) is 5.91 Å². The van der Waals surface area contributed by atoms with Crippen LogP contribution in [0.1, 0.15) is 57.7 Å². The number of piperidine rings is 1. The minimum absolute atomic E-state index is 0.188. The predicted molar refractivity (Wildman–Crippen MR) is 122 cm³/mol. The van der Waals surface area contributed by atoms with Gasteiger partial charge in [-0.2, -0.15) is 0 Å². The van der Waals surface area contributed by atoms with Crippen molar-refractivity contribution >= 4 is 23.4 Å². The van der Waals surface area contributed by atoms with Gasteiger partial charge in [0.15, 0.2) is 0 Å². The Morgan fingerprint density at radius 3 is 2.82 bits per heavy atom. The molecule has 0 radical (unpaired) electrons. The fourth-order valence-electron chi connectivity index (χ4n) is 3.61. The number of nitrogens with zero attached hydrogens (tertiary/aromatic N) is 2. The van der Waals surface area contributed by atoms with E-state index in [1.165, 1.54) is 18.2 Å². The van der Waals surface area contributed by atoms with Crippen LogP contribution >= 0.6 is 0 Å². The maximum atomic E-state index is 15.5. The minimum atomic E-state index is -3.32. The number of hydrogen-bond acceptors (Lipinski definition) is 6. The Labute approximate surface area is 215 Å². The third-order valence-corrected chi connectivity index (χ3v) is 5.26. The molecular formula is C25H27FN4O4. The third-order valence-electron chi connectivity index (χ3n) is 5.26. The zero-order valence-electron chi connectivity index (χ0n) is 30.5. The SMILES string of the molecule is [2H]C([2H])(Nc1cccc2c1C([2H])([2H])N(C1([2H])CCC(=O)NC1=O)C2=O)c1ccc(CN2C([2H])([2H])C([2H])([2H])OC([2H])([2H])C2([2H])[2H])cc1F. The van der Waals surface area contributed by atoms with Gasteiger partial charge in [-0.1, -0.05) is 18.2 Å². The zero-order valence-corrected chi connectivity index (χ0v) is 17.5. The summed E-state index contributed by atoms with van der Waals surface area (Å²) in [4.78, 5) is 38.2. The number of halogens is 1. The highest BCUT2D eigenvalue weighted by Gasteiger charge is 2.39. The first kappa shape index (κ1) is 11.9. The second kappa shape index (κ2) is 9.52. The van der Waals surface area contributed by atoms with Crippen LogP contribution in [0.4, 0.5) is 10.1 Å². The van der Waals surface area contributed by atoms with Crippen LogP contribution in [0.2, 0.25) is 0 Å². The fraction of sp³-hybridized carbons (Fsp3) is 0.400. The Hall–Kier alpha value is -3.30. The summed E-state index contributed by atoms with van der Waals surface area (Å²) >= 11 is 0. The molecule has 178 valence electrons. The molecule has 34 heavy (non-hydrogen) atoms. The number of morpholine rings is 1. The van der Waals surface area contributed by atoms with Crippen molar-refractivity contribution in [1.29, 1.82) is 0 Å². The topological polar surface area (TPSA) is 91.0 Å². The van der Waals surface area contributed by atoms with Crippen LogP contribution in [0.15, 0.2) is 36.4 Å². The number of ether oxygens (including phenoxy) is 1. The smallest absolute Gasteiger partial charge is 0.255 e. The first-order valence-electron chi connectivity index (χ1n) is 16.7. The molecule has 3 amide bonds. The lowest BCUT2D eigenvalue weighted by atomic mass is 10.0. The van der Waals surface area contributed by atoms with Crippen LogP contribution < -0.4 is 10.6 Å². The van der Waals surface area contributed by atoms with Crippen molar-refractivity contribution in [2.45, 2.75) is 38.4 Å². The summed E-state index contributed by atoms with van der Waals surface area (Å²) in [6.07, 6.45) is -0.837. The summed E-state index contributed by atoms with van der Waals surface area (Å²) in [7, 11) is 0. The number of nitrogens with one attached hydrogen (secondary N) is 2. The highest BCUT2D eigenvalue weighted by molar-refractivity contribution is 6.06. The van der Waals surface area contributed by atoms with E-state index in [0.29, 0.717) is 11.0 Å². The summed E-state index contributed by atoms with van der Waals surface area (Å²) in [5.41, 5.74) is -1.93. The maximum Gasteiger partial charge on any atom is 0.255 e. The van der Waals surface area contributed by atoms with E-state index in [1.54, 1.807) is 0 Å². The first-order valence-corrected chi connectivity index (χ1v) is 10.2. The molecule has 1 unspecified atom stereocenters. The molecule has 5 rings (SSSR count). The normalized spacial score (nSPS) is 36.6. The second-order valence-corrected chi connectivity index (χ2v) is 7.48. The van der Waals surface area contributed by atoms with Gasteiger partial charge < -0.3 is 15.0 Å². The lowest BCUT2D eigenvalue weighted by Gasteiger charge is -2.29. The van der Waals surface area contributed by atoms with Crippen molar-refractivity contribution in [3.8, 4) is 0 Å². The lowest BCUT2D eigenvalue weighted by molar-refractivity contribution is -0.136. The average molecular weight is 480 g/mol. The van der Waals surface area contributed by atoms with Crippen molar-refractivity contribution < 1.29 is 41.3 Å². The van der Waals surface area contributed by atoms with Crippen LogP contribution in [0.5, 0.6) is 0 Å². The molecule has 2 saturated heterocycles. The summed E-state index contributed by atoms with van der Waals surface area (Å²) < 4.78 is 127. The Morgan fingerprint density at radius 1 is 1.24 bits per heavy atom. The summed E-state index contributed by atoms with van der Waals surface area (Å²) in [5.74, 6) is -4.23. The molecule has 9 heteroatoms. The Kier molecular flexibility index (Phi) is 3.33. The molecule has 0 aromatic heterocycles. The van der Waals surface area contributed by atoms with Gasteiger partial charge in [-0.05, 0) is 30.2 Å². The summed E-state index contributed by atoms with van der Waals surface area (Å²) in [6, 6.07) is 3.88. The van der Waals surface area contributed by atoms with Crippen LogP contribution in [-0.2, 0) is 33.9 Å². The quantitative estimate of drug-likeness (QED) is 0.617. The number of fused-ring (bicyclic) bond motifs is 1. The number of imide groups is 1.